The molecule has 0 bridgehead atoms. The molecule has 0 aliphatic rings. The van der Waals surface area contributed by atoms with Crippen molar-refractivity contribution in [3.63, 3.8) is 0 Å². The quantitative estimate of drug-likeness (QED) is 0.472. The minimum absolute atomic E-state index is 0.208. The third-order valence-electron chi connectivity index (χ3n) is 4.48. The number of benzene rings is 2. The summed E-state index contributed by atoms with van der Waals surface area (Å²) in [5.74, 6) is -0.168. The third-order valence-corrected chi connectivity index (χ3v) is 4.48. The van der Waals surface area contributed by atoms with Crippen molar-refractivity contribution in [2.24, 2.45) is 0 Å². The van der Waals surface area contributed by atoms with E-state index >= 15 is 0 Å². The van der Waals surface area contributed by atoms with Gasteiger partial charge in [-0.15, -0.1) is 0 Å². The first-order valence-electron chi connectivity index (χ1n) is 9.38. The first-order valence-corrected chi connectivity index (χ1v) is 9.38. The number of aryl methyl sites for hydroxylation is 1. The van der Waals surface area contributed by atoms with Crippen molar-refractivity contribution in [2.75, 3.05) is 0 Å². The lowest BCUT2D eigenvalue weighted by Gasteiger charge is -2.08. The molecule has 0 aliphatic carbocycles. The first kappa shape index (κ1) is 20.2. The van der Waals surface area contributed by atoms with Crippen LogP contribution in [0.3, 0.4) is 0 Å². The molecule has 0 unspecified atom stereocenters. The fraction of sp³-hybridized carbons (Fsp3) is 0.0870. The van der Waals surface area contributed by atoms with Crippen molar-refractivity contribution in [1.29, 1.82) is 0 Å². The van der Waals surface area contributed by atoms with Gasteiger partial charge in [-0.1, -0.05) is 17.3 Å². The van der Waals surface area contributed by atoms with Crippen LogP contribution in [0.2, 0.25) is 0 Å². The van der Waals surface area contributed by atoms with E-state index in [-0.39, 0.29) is 23.8 Å². The molecule has 0 radical (unpaired) electrons. The second-order valence-electron chi connectivity index (χ2n) is 6.72. The predicted molar refractivity (Wildman–Crippen MR) is 109 cm³/mol. The fourth-order valence-corrected chi connectivity index (χ4v) is 2.94. The van der Waals surface area contributed by atoms with E-state index in [0.717, 1.165) is 5.56 Å². The Kier molecular flexibility index (Phi) is 5.70. The van der Waals surface area contributed by atoms with Gasteiger partial charge in [-0.05, 0) is 48.9 Å². The van der Waals surface area contributed by atoms with Gasteiger partial charge in [0.2, 0.25) is 5.88 Å². The van der Waals surface area contributed by atoms with Gasteiger partial charge in [0.1, 0.15) is 34.4 Å². The summed E-state index contributed by atoms with van der Waals surface area (Å²) in [7, 11) is 0. The summed E-state index contributed by atoms with van der Waals surface area (Å²) in [4.78, 5) is 16.9. The Morgan fingerprint density at radius 3 is 2.58 bits per heavy atom. The summed E-state index contributed by atoms with van der Waals surface area (Å²) in [5.41, 5.74) is 1.93. The van der Waals surface area contributed by atoms with Gasteiger partial charge in [-0.2, -0.15) is 0 Å². The third kappa shape index (κ3) is 4.75. The van der Waals surface area contributed by atoms with Crippen molar-refractivity contribution in [1.82, 2.24) is 15.5 Å². The van der Waals surface area contributed by atoms with Crippen molar-refractivity contribution in [3.05, 3.63) is 95.4 Å². The molecule has 31 heavy (non-hydrogen) atoms. The maximum absolute atomic E-state index is 13.2. The minimum atomic E-state index is -0.402. The number of hydrogen-bond donors (Lipinski definition) is 1. The van der Waals surface area contributed by atoms with Gasteiger partial charge >= 0.3 is 0 Å². The Bertz CT molecular complexity index is 1210. The van der Waals surface area contributed by atoms with Gasteiger partial charge in [0.05, 0.1) is 0 Å². The van der Waals surface area contributed by atoms with E-state index in [2.05, 4.69) is 15.5 Å². The SMILES string of the molecule is Cc1onc(-c2ccc(F)cc2)c1C(=O)NCc1ccc(Oc2cccc(F)c2)nc1. The summed E-state index contributed by atoms with van der Waals surface area (Å²) in [6, 6.07) is 14.8. The summed E-state index contributed by atoms with van der Waals surface area (Å²) < 4.78 is 37.1. The van der Waals surface area contributed by atoms with E-state index in [4.69, 9.17) is 9.26 Å². The topological polar surface area (TPSA) is 77.2 Å². The molecule has 0 aliphatic heterocycles. The zero-order chi connectivity index (χ0) is 21.8. The van der Waals surface area contributed by atoms with Crippen LogP contribution in [0.4, 0.5) is 8.78 Å². The zero-order valence-corrected chi connectivity index (χ0v) is 16.4. The van der Waals surface area contributed by atoms with Gasteiger partial charge in [-0.25, -0.2) is 13.8 Å². The molecule has 1 N–H and O–H groups in total. The maximum Gasteiger partial charge on any atom is 0.257 e. The molecule has 0 fully saturated rings. The number of halogens is 2. The summed E-state index contributed by atoms with van der Waals surface area (Å²) in [5, 5.41) is 6.73. The molecule has 0 saturated heterocycles. The van der Waals surface area contributed by atoms with Gasteiger partial charge in [0, 0.05) is 30.4 Å². The Labute approximate surface area is 176 Å². The first-order chi connectivity index (χ1) is 15.0. The molecule has 2 aromatic heterocycles. The molecule has 6 nitrogen and oxygen atoms in total. The standard InChI is InChI=1S/C23H17F2N3O3/c1-14-21(22(28-31-14)16-6-8-17(24)9-7-16)23(29)27-13-15-5-10-20(26-12-15)30-19-4-2-3-18(25)11-19/h2-12H,13H2,1H3,(H,27,29). The lowest BCUT2D eigenvalue weighted by molar-refractivity contribution is 0.0950. The highest BCUT2D eigenvalue weighted by atomic mass is 19.1. The minimum Gasteiger partial charge on any atom is -0.439 e. The maximum atomic E-state index is 13.2. The van der Waals surface area contributed by atoms with Crippen LogP contribution in [-0.2, 0) is 6.54 Å². The number of amides is 1. The van der Waals surface area contributed by atoms with Crippen molar-refractivity contribution < 1.29 is 22.8 Å². The smallest absolute Gasteiger partial charge is 0.257 e. The molecule has 0 saturated carbocycles. The Morgan fingerprint density at radius 2 is 1.87 bits per heavy atom. The monoisotopic (exact) mass is 421 g/mol. The van der Waals surface area contributed by atoms with E-state index in [0.29, 0.717) is 28.6 Å². The number of nitrogens with zero attached hydrogens (tertiary/aromatic N) is 2. The molecule has 2 heterocycles. The molecule has 4 aromatic rings. The van der Waals surface area contributed by atoms with E-state index in [1.54, 1.807) is 37.4 Å². The molecule has 1 amide bonds. The van der Waals surface area contributed by atoms with Gasteiger partial charge in [0.25, 0.3) is 5.91 Å². The van der Waals surface area contributed by atoms with Gasteiger partial charge in [0.15, 0.2) is 0 Å². The number of aromatic nitrogens is 2. The number of carbonyl (C=O) groups excluding carboxylic acids is 1. The second-order valence-corrected chi connectivity index (χ2v) is 6.72. The van der Waals surface area contributed by atoms with Gasteiger partial charge in [-0.3, -0.25) is 4.79 Å². The van der Waals surface area contributed by atoms with E-state index in [9.17, 15) is 13.6 Å². The molecule has 156 valence electrons. The van der Waals surface area contributed by atoms with Crippen molar-refractivity contribution in [2.45, 2.75) is 13.5 Å². The van der Waals surface area contributed by atoms with Crippen LogP contribution in [0.15, 0.2) is 71.4 Å². The number of pyridine rings is 1. The number of nitrogens with one attached hydrogen (secondary N) is 1. The number of hydrogen-bond acceptors (Lipinski definition) is 5. The molecule has 4 rings (SSSR count). The average Bonchev–Trinajstić information content (AvgIpc) is 3.15. The zero-order valence-electron chi connectivity index (χ0n) is 16.4. The van der Waals surface area contributed by atoms with Crippen LogP contribution in [0.25, 0.3) is 11.3 Å². The lowest BCUT2D eigenvalue weighted by atomic mass is 10.1. The van der Waals surface area contributed by atoms with Crippen LogP contribution < -0.4 is 10.1 Å². The normalized spacial score (nSPS) is 10.7. The lowest BCUT2D eigenvalue weighted by Crippen LogP contribution is -2.23. The molecular formula is C23H17F2N3O3. The van der Waals surface area contributed by atoms with Crippen LogP contribution in [0.1, 0.15) is 21.7 Å². The van der Waals surface area contributed by atoms with E-state index in [1.165, 1.54) is 36.4 Å². The summed E-state index contributed by atoms with van der Waals surface area (Å²) >= 11 is 0. The average molecular weight is 421 g/mol. The number of ether oxygens (including phenoxy) is 1. The Hall–Kier alpha value is -4.07. The highest BCUT2D eigenvalue weighted by Crippen LogP contribution is 2.25. The van der Waals surface area contributed by atoms with Crippen molar-refractivity contribution >= 4 is 5.91 Å². The second kappa shape index (κ2) is 8.74. The molecule has 0 spiro atoms. The van der Waals surface area contributed by atoms with Crippen LogP contribution >= 0.6 is 0 Å². The van der Waals surface area contributed by atoms with Crippen LogP contribution in [-0.4, -0.2) is 16.0 Å². The largest absolute Gasteiger partial charge is 0.439 e. The number of carbonyl (C=O) groups is 1. The summed E-state index contributed by atoms with van der Waals surface area (Å²) in [6.07, 6.45) is 1.55. The molecular weight excluding hydrogens is 404 g/mol. The van der Waals surface area contributed by atoms with Crippen LogP contribution in [0.5, 0.6) is 11.6 Å². The highest BCUT2D eigenvalue weighted by Gasteiger charge is 2.21. The summed E-state index contributed by atoms with van der Waals surface area (Å²) in [6.45, 7) is 1.84. The highest BCUT2D eigenvalue weighted by molar-refractivity contribution is 6.00. The predicted octanol–water partition coefficient (Wildman–Crippen LogP) is 5.05. The van der Waals surface area contributed by atoms with E-state index in [1.807, 2.05) is 0 Å². The van der Waals surface area contributed by atoms with Crippen LogP contribution in [0, 0.1) is 18.6 Å². The number of rotatable bonds is 6. The molecule has 2 aromatic carbocycles. The van der Waals surface area contributed by atoms with Crippen molar-refractivity contribution in [3.8, 4) is 22.9 Å². The Balaban J connectivity index is 1.42. The Morgan fingerprint density at radius 1 is 1.06 bits per heavy atom. The molecule has 0 atom stereocenters. The van der Waals surface area contributed by atoms with E-state index < -0.39 is 5.82 Å². The fourth-order valence-electron chi connectivity index (χ4n) is 2.94. The van der Waals surface area contributed by atoms with Gasteiger partial charge < -0.3 is 14.6 Å². The molecule has 8 heteroatoms.